The molecule has 166 valence electrons. The number of ether oxygens (including phenoxy) is 3. The minimum atomic E-state index is -0.712. The summed E-state index contributed by atoms with van der Waals surface area (Å²) in [5.74, 6) is -2.11. The SMILES string of the molecule is C=CCOC(=O)C1=C(C)NC(C)=C(C(=O)OCC=C)C1c1sccc1SCC(=O)OC. The summed E-state index contributed by atoms with van der Waals surface area (Å²) in [6.07, 6.45) is 2.95. The van der Waals surface area contributed by atoms with Crippen molar-refractivity contribution in [2.45, 2.75) is 24.7 Å². The van der Waals surface area contributed by atoms with E-state index in [4.69, 9.17) is 14.2 Å². The zero-order valence-corrected chi connectivity index (χ0v) is 19.3. The van der Waals surface area contributed by atoms with Crippen molar-refractivity contribution in [3.63, 3.8) is 0 Å². The van der Waals surface area contributed by atoms with Crippen LogP contribution in [0.3, 0.4) is 0 Å². The van der Waals surface area contributed by atoms with E-state index in [1.54, 1.807) is 13.8 Å². The van der Waals surface area contributed by atoms with Crippen molar-refractivity contribution >= 4 is 41.0 Å². The van der Waals surface area contributed by atoms with Gasteiger partial charge >= 0.3 is 17.9 Å². The number of hydrogen-bond acceptors (Lipinski definition) is 9. The molecule has 0 aliphatic carbocycles. The molecule has 0 fully saturated rings. The Kier molecular flexibility index (Phi) is 9.14. The molecule has 0 atom stereocenters. The van der Waals surface area contributed by atoms with E-state index < -0.39 is 17.9 Å². The van der Waals surface area contributed by atoms with Crippen LogP contribution < -0.4 is 5.32 Å². The summed E-state index contributed by atoms with van der Waals surface area (Å²) in [6.45, 7) is 10.7. The highest BCUT2D eigenvalue weighted by atomic mass is 32.2. The van der Waals surface area contributed by atoms with Gasteiger partial charge in [-0.05, 0) is 25.3 Å². The molecule has 0 radical (unpaired) electrons. The van der Waals surface area contributed by atoms with Gasteiger partial charge in [0.2, 0.25) is 0 Å². The van der Waals surface area contributed by atoms with Crippen molar-refractivity contribution in [3.05, 3.63) is 64.2 Å². The van der Waals surface area contributed by atoms with E-state index in [9.17, 15) is 14.4 Å². The Morgan fingerprint density at radius 3 is 2.13 bits per heavy atom. The monoisotopic (exact) mass is 463 g/mol. The third-order valence-corrected chi connectivity index (χ3v) is 6.52. The molecule has 0 bridgehead atoms. The lowest BCUT2D eigenvalue weighted by Crippen LogP contribution is -2.32. The molecule has 9 heteroatoms. The zero-order valence-electron chi connectivity index (χ0n) is 17.7. The molecule has 1 N–H and O–H groups in total. The van der Waals surface area contributed by atoms with E-state index in [0.29, 0.717) is 22.5 Å². The molecule has 1 aliphatic rings. The van der Waals surface area contributed by atoms with Gasteiger partial charge in [-0.25, -0.2) is 9.59 Å². The molecule has 1 aliphatic heterocycles. The van der Waals surface area contributed by atoms with Crippen LogP contribution in [-0.4, -0.2) is 44.0 Å². The van der Waals surface area contributed by atoms with Gasteiger partial charge < -0.3 is 19.5 Å². The Bertz CT molecular complexity index is 898. The van der Waals surface area contributed by atoms with E-state index in [1.807, 2.05) is 11.4 Å². The summed E-state index contributed by atoms with van der Waals surface area (Å²) in [5.41, 5.74) is 1.77. The summed E-state index contributed by atoms with van der Waals surface area (Å²) in [7, 11) is 1.32. The average molecular weight is 464 g/mol. The van der Waals surface area contributed by atoms with Crippen molar-refractivity contribution < 1.29 is 28.6 Å². The van der Waals surface area contributed by atoms with Crippen LogP contribution in [0.25, 0.3) is 0 Å². The number of carbonyl (C=O) groups is 3. The maximum atomic E-state index is 13.0. The van der Waals surface area contributed by atoms with E-state index in [1.165, 1.54) is 42.4 Å². The second kappa shape index (κ2) is 11.6. The van der Waals surface area contributed by atoms with Gasteiger partial charge in [0.15, 0.2) is 0 Å². The molecule has 2 rings (SSSR count). The van der Waals surface area contributed by atoms with Gasteiger partial charge in [0.25, 0.3) is 0 Å². The van der Waals surface area contributed by atoms with Gasteiger partial charge in [-0.3, -0.25) is 4.79 Å². The minimum Gasteiger partial charge on any atom is -0.468 e. The summed E-state index contributed by atoms with van der Waals surface area (Å²) in [5, 5.41) is 4.94. The molecule has 1 aromatic rings. The summed E-state index contributed by atoms with van der Waals surface area (Å²) >= 11 is 2.66. The number of allylic oxidation sites excluding steroid dienone is 2. The van der Waals surface area contributed by atoms with Crippen molar-refractivity contribution in [2.75, 3.05) is 26.1 Å². The van der Waals surface area contributed by atoms with Crippen LogP contribution in [0.15, 0.2) is 64.2 Å². The first-order valence-electron chi connectivity index (χ1n) is 9.37. The molecular weight excluding hydrogens is 438 g/mol. The van der Waals surface area contributed by atoms with Crippen molar-refractivity contribution in [1.29, 1.82) is 0 Å². The fourth-order valence-corrected chi connectivity index (χ4v) is 5.19. The molecule has 31 heavy (non-hydrogen) atoms. The fourth-order valence-electron chi connectivity index (χ4n) is 3.06. The van der Waals surface area contributed by atoms with Crippen molar-refractivity contribution in [2.24, 2.45) is 0 Å². The van der Waals surface area contributed by atoms with Crippen LogP contribution >= 0.6 is 23.1 Å². The zero-order chi connectivity index (χ0) is 23.0. The van der Waals surface area contributed by atoms with E-state index >= 15 is 0 Å². The third kappa shape index (κ3) is 5.89. The van der Waals surface area contributed by atoms with Gasteiger partial charge in [-0.15, -0.1) is 23.1 Å². The van der Waals surface area contributed by atoms with Crippen LogP contribution in [0.2, 0.25) is 0 Å². The quantitative estimate of drug-likeness (QED) is 0.243. The molecule has 7 nitrogen and oxygen atoms in total. The van der Waals surface area contributed by atoms with Gasteiger partial charge in [-0.2, -0.15) is 0 Å². The summed E-state index contributed by atoms with van der Waals surface area (Å²) in [6, 6.07) is 1.85. The number of thiophene rings is 1. The first-order chi connectivity index (χ1) is 14.8. The highest BCUT2D eigenvalue weighted by Crippen LogP contribution is 2.45. The van der Waals surface area contributed by atoms with Crippen LogP contribution in [0, 0.1) is 0 Å². The van der Waals surface area contributed by atoms with E-state index in [-0.39, 0.29) is 24.9 Å². The second-order valence-corrected chi connectivity index (χ2v) is 8.39. The smallest absolute Gasteiger partial charge is 0.337 e. The van der Waals surface area contributed by atoms with Crippen molar-refractivity contribution in [3.8, 4) is 0 Å². The standard InChI is InChI=1S/C22H25NO6S2/c1-6-9-28-21(25)17-13(3)23-14(4)18(22(26)29-10-7-2)19(17)20-15(8-11-30-20)31-12-16(24)27-5/h6-8,11,19,23H,1-2,9-10,12H2,3-5H3. The number of nitrogens with one attached hydrogen (secondary N) is 1. The molecule has 0 spiro atoms. The number of hydrogen-bond donors (Lipinski definition) is 1. The first kappa shape index (κ1) is 24.5. The highest BCUT2D eigenvalue weighted by Gasteiger charge is 2.39. The highest BCUT2D eigenvalue weighted by molar-refractivity contribution is 8.00. The van der Waals surface area contributed by atoms with Crippen LogP contribution in [0.4, 0.5) is 0 Å². The lowest BCUT2D eigenvalue weighted by Gasteiger charge is -2.30. The second-order valence-electron chi connectivity index (χ2n) is 6.42. The molecule has 0 unspecified atom stereocenters. The summed E-state index contributed by atoms with van der Waals surface area (Å²) < 4.78 is 15.3. The molecule has 0 saturated carbocycles. The molecule has 2 heterocycles. The topological polar surface area (TPSA) is 90.9 Å². The van der Waals surface area contributed by atoms with E-state index in [0.717, 1.165) is 9.77 Å². The number of carbonyl (C=O) groups excluding carboxylic acids is 3. The lowest BCUT2D eigenvalue weighted by atomic mass is 9.84. The molecular formula is C22H25NO6S2. The van der Waals surface area contributed by atoms with E-state index in [2.05, 4.69) is 18.5 Å². The Labute approximate surface area is 189 Å². The molecule has 0 aromatic carbocycles. The van der Waals surface area contributed by atoms with Gasteiger partial charge in [0.05, 0.1) is 29.9 Å². The first-order valence-corrected chi connectivity index (χ1v) is 11.2. The van der Waals surface area contributed by atoms with Crippen LogP contribution in [0.1, 0.15) is 24.6 Å². The molecule has 0 saturated heterocycles. The van der Waals surface area contributed by atoms with Crippen LogP contribution in [0.5, 0.6) is 0 Å². The summed E-state index contributed by atoms with van der Waals surface area (Å²) in [4.78, 5) is 39.1. The Hall–Kier alpha value is -2.78. The Morgan fingerprint density at radius 1 is 1.10 bits per heavy atom. The fraction of sp³-hybridized carbons (Fsp3) is 0.318. The molecule has 0 amide bonds. The third-order valence-electron chi connectivity index (χ3n) is 4.36. The maximum Gasteiger partial charge on any atom is 0.337 e. The van der Waals surface area contributed by atoms with Gasteiger partial charge in [0, 0.05) is 21.2 Å². The minimum absolute atomic E-state index is 0.0374. The van der Waals surface area contributed by atoms with Gasteiger partial charge in [0.1, 0.15) is 13.2 Å². The number of esters is 3. The molecule has 1 aromatic heterocycles. The van der Waals surface area contributed by atoms with Crippen LogP contribution in [-0.2, 0) is 28.6 Å². The predicted molar refractivity (Wildman–Crippen MR) is 121 cm³/mol. The largest absolute Gasteiger partial charge is 0.468 e. The normalized spacial score (nSPS) is 14.0. The number of methoxy groups -OCH3 is 1. The lowest BCUT2D eigenvalue weighted by molar-refractivity contribution is -0.139. The van der Waals surface area contributed by atoms with Crippen molar-refractivity contribution in [1.82, 2.24) is 5.32 Å². The number of thioether (sulfide) groups is 1. The Balaban J connectivity index is 2.56. The predicted octanol–water partition coefficient (Wildman–Crippen LogP) is 3.71. The number of rotatable bonds is 10. The van der Waals surface area contributed by atoms with Gasteiger partial charge in [-0.1, -0.05) is 25.3 Å². The Morgan fingerprint density at radius 2 is 1.65 bits per heavy atom. The maximum absolute atomic E-state index is 13.0. The average Bonchev–Trinajstić information content (AvgIpc) is 3.21. The number of dihydropyridines is 1.